The second-order valence-corrected chi connectivity index (χ2v) is 6.30. The van der Waals surface area contributed by atoms with E-state index in [2.05, 4.69) is 10.3 Å². The van der Waals surface area contributed by atoms with Crippen LogP contribution in [0.1, 0.15) is 6.42 Å². The van der Waals surface area contributed by atoms with Crippen molar-refractivity contribution in [3.8, 4) is 11.5 Å². The van der Waals surface area contributed by atoms with Gasteiger partial charge in [0.05, 0.1) is 35.1 Å². The Balaban J connectivity index is 2.14. The number of fused-ring (bicyclic) bond motifs is 1. The lowest BCUT2D eigenvalue weighted by Gasteiger charge is -2.15. The Morgan fingerprint density at radius 2 is 2.00 bits per heavy atom. The van der Waals surface area contributed by atoms with Crippen molar-refractivity contribution in [2.75, 3.05) is 25.6 Å². The first-order valence-electron chi connectivity index (χ1n) is 7.99. The zero-order valence-electron chi connectivity index (χ0n) is 14.3. The average molecular weight is 411 g/mol. The van der Waals surface area contributed by atoms with Gasteiger partial charge in [0.25, 0.3) is 0 Å². The first-order valence-corrected chi connectivity index (χ1v) is 8.75. The molecule has 1 aromatic carbocycles. The Morgan fingerprint density at radius 3 is 2.67 bits per heavy atom. The fraction of sp³-hybridized carbons (Fsp3) is 0.222. The third-order valence-electron chi connectivity index (χ3n) is 3.71. The Hall–Kier alpha value is -2.48. The van der Waals surface area contributed by atoms with Crippen LogP contribution in [0.2, 0.25) is 10.0 Å². The largest absolute Gasteiger partial charge is 0.493 e. The molecule has 0 saturated carbocycles. The van der Waals surface area contributed by atoms with Gasteiger partial charge >= 0.3 is 5.63 Å². The minimum atomic E-state index is -0.591. The third-order valence-corrected chi connectivity index (χ3v) is 4.29. The van der Waals surface area contributed by atoms with Gasteiger partial charge in [0.2, 0.25) is 5.75 Å². The van der Waals surface area contributed by atoms with Crippen molar-refractivity contribution in [3.63, 3.8) is 0 Å². The van der Waals surface area contributed by atoms with Gasteiger partial charge in [0, 0.05) is 36.9 Å². The third kappa shape index (κ3) is 4.10. The van der Waals surface area contributed by atoms with E-state index in [1.54, 1.807) is 12.1 Å². The highest BCUT2D eigenvalue weighted by Gasteiger charge is 2.17. The standard InChI is InChI=1S/C18H16Cl2N2O5/c1-25-14-4-3-10-13(22-16-11(19)8-21-9-12(16)20)7-15(24)27-17(10)18(14)26-6-2-5-23/h3-4,7-9,23H,2,5-6H2,1H3,(H,21,22). The molecule has 3 aromatic rings. The van der Waals surface area contributed by atoms with Crippen LogP contribution < -0.4 is 20.4 Å². The number of pyridine rings is 1. The summed E-state index contributed by atoms with van der Waals surface area (Å²) in [5.41, 5.74) is 0.472. The molecule has 27 heavy (non-hydrogen) atoms. The van der Waals surface area contributed by atoms with Crippen molar-refractivity contribution in [1.82, 2.24) is 4.98 Å². The number of aliphatic hydroxyl groups is 1. The summed E-state index contributed by atoms with van der Waals surface area (Å²) in [5.74, 6) is 0.678. The zero-order chi connectivity index (χ0) is 19.4. The molecule has 0 atom stereocenters. The van der Waals surface area contributed by atoms with Crippen LogP contribution in [-0.2, 0) is 0 Å². The number of benzene rings is 1. The maximum Gasteiger partial charge on any atom is 0.338 e. The molecule has 2 N–H and O–H groups in total. The minimum absolute atomic E-state index is 0.0249. The zero-order valence-corrected chi connectivity index (χ0v) is 15.8. The molecule has 0 radical (unpaired) electrons. The average Bonchev–Trinajstić information content (AvgIpc) is 2.65. The summed E-state index contributed by atoms with van der Waals surface area (Å²) < 4.78 is 16.3. The summed E-state index contributed by atoms with van der Waals surface area (Å²) in [6.07, 6.45) is 3.30. The molecule has 0 aliphatic rings. The van der Waals surface area contributed by atoms with E-state index >= 15 is 0 Å². The van der Waals surface area contributed by atoms with Crippen molar-refractivity contribution >= 4 is 45.5 Å². The smallest absolute Gasteiger partial charge is 0.338 e. The molecular weight excluding hydrogens is 395 g/mol. The molecule has 2 heterocycles. The van der Waals surface area contributed by atoms with Crippen LogP contribution in [0, 0.1) is 0 Å². The fourth-order valence-electron chi connectivity index (χ4n) is 2.49. The predicted octanol–water partition coefficient (Wildman–Crippen LogP) is 4.01. The number of hydrogen-bond acceptors (Lipinski definition) is 7. The van der Waals surface area contributed by atoms with Gasteiger partial charge in [-0.2, -0.15) is 0 Å². The van der Waals surface area contributed by atoms with Crippen LogP contribution >= 0.6 is 23.2 Å². The van der Waals surface area contributed by atoms with Crippen LogP contribution in [0.3, 0.4) is 0 Å². The second kappa shape index (κ2) is 8.47. The molecule has 7 nitrogen and oxygen atoms in total. The summed E-state index contributed by atoms with van der Waals surface area (Å²) in [4.78, 5) is 16.0. The topological polar surface area (TPSA) is 93.8 Å². The number of methoxy groups -OCH3 is 1. The van der Waals surface area contributed by atoms with Crippen molar-refractivity contribution in [2.24, 2.45) is 0 Å². The summed E-state index contributed by atoms with van der Waals surface area (Å²) in [6, 6.07) is 4.71. The first-order chi connectivity index (χ1) is 13.0. The molecule has 3 rings (SSSR count). The van der Waals surface area contributed by atoms with Crippen LogP contribution in [-0.4, -0.2) is 30.4 Å². The van der Waals surface area contributed by atoms with Crippen LogP contribution in [0.5, 0.6) is 11.5 Å². The van der Waals surface area contributed by atoms with E-state index in [4.69, 9.17) is 42.2 Å². The van der Waals surface area contributed by atoms with Crippen molar-refractivity contribution in [3.05, 3.63) is 51.1 Å². The lowest BCUT2D eigenvalue weighted by atomic mass is 10.1. The lowest BCUT2D eigenvalue weighted by Crippen LogP contribution is -2.06. The highest BCUT2D eigenvalue weighted by molar-refractivity contribution is 6.39. The van der Waals surface area contributed by atoms with Gasteiger partial charge < -0.3 is 24.3 Å². The predicted molar refractivity (Wildman–Crippen MR) is 104 cm³/mol. The molecule has 0 spiro atoms. The van der Waals surface area contributed by atoms with E-state index in [1.807, 2.05) is 0 Å². The highest BCUT2D eigenvalue weighted by Crippen LogP contribution is 2.40. The summed E-state index contributed by atoms with van der Waals surface area (Å²) in [7, 11) is 1.48. The van der Waals surface area contributed by atoms with Crippen LogP contribution in [0.25, 0.3) is 11.0 Å². The lowest BCUT2D eigenvalue weighted by molar-refractivity contribution is 0.228. The highest BCUT2D eigenvalue weighted by atomic mass is 35.5. The molecule has 0 saturated heterocycles. The number of anilines is 2. The number of nitrogens with one attached hydrogen (secondary N) is 1. The number of aliphatic hydroxyl groups excluding tert-OH is 1. The molecule has 0 aliphatic carbocycles. The Kier molecular flexibility index (Phi) is 6.05. The summed E-state index contributed by atoms with van der Waals surface area (Å²) in [5, 5.41) is 13.2. The number of rotatable bonds is 7. The number of nitrogens with zero attached hydrogens (tertiary/aromatic N) is 1. The van der Waals surface area contributed by atoms with E-state index in [9.17, 15) is 4.79 Å². The molecule has 142 valence electrons. The molecule has 0 aliphatic heterocycles. The normalized spacial score (nSPS) is 10.8. The molecule has 0 bridgehead atoms. The Labute approximate surface area is 164 Å². The van der Waals surface area contributed by atoms with Gasteiger partial charge in [0.15, 0.2) is 11.3 Å². The summed E-state index contributed by atoms with van der Waals surface area (Å²) >= 11 is 12.3. The maximum atomic E-state index is 12.1. The van der Waals surface area contributed by atoms with Crippen molar-refractivity contribution in [2.45, 2.75) is 6.42 Å². The van der Waals surface area contributed by atoms with E-state index in [0.29, 0.717) is 39.0 Å². The van der Waals surface area contributed by atoms with Gasteiger partial charge in [-0.3, -0.25) is 4.98 Å². The number of ether oxygens (including phenoxy) is 2. The number of aromatic nitrogens is 1. The second-order valence-electron chi connectivity index (χ2n) is 5.48. The van der Waals surface area contributed by atoms with Gasteiger partial charge in [-0.05, 0) is 12.1 Å². The first kappa shape index (κ1) is 19.3. The summed E-state index contributed by atoms with van der Waals surface area (Å²) in [6.45, 7) is 0.207. The SMILES string of the molecule is COc1ccc2c(Nc3c(Cl)cncc3Cl)cc(=O)oc2c1OCCCO. The van der Waals surface area contributed by atoms with E-state index in [-0.39, 0.29) is 24.5 Å². The number of halogens is 2. The van der Waals surface area contributed by atoms with Gasteiger partial charge in [-0.25, -0.2) is 4.79 Å². The fourth-order valence-corrected chi connectivity index (χ4v) is 2.95. The van der Waals surface area contributed by atoms with Gasteiger partial charge in [-0.15, -0.1) is 0 Å². The monoisotopic (exact) mass is 410 g/mol. The van der Waals surface area contributed by atoms with E-state index < -0.39 is 5.63 Å². The molecule has 0 fully saturated rings. The molecule has 2 aromatic heterocycles. The van der Waals surface area contributed by atoms with Crippen LogP contribution in [0.4, 0.5) is 11.4 Å². The van der Waals surface area contributed by atoms with Crippen molar-refractivity contribution < 1.29 is 19.0 Å². The van der Waals surface area contributed by atoms with Crippen molar-refractivity contribution in [1.29, 1.82) is 0 Å². The van der Waals surface area contributed by atoms with E-state index in [1.165, 1.54) is 25.6 Å². The Morgan fingerprint density at radius 1 is 1.26 bits per heavy atom. The molecule has 0 unspecified atom stereocenters. The molecular formula is C18H16Cl2N2O5. The quantitative estimate of drug-likeness (QED) is 0.448. The van der Waals surface area contributed by atoms with Crippen LogP contribution in [0.15, 0.2) is 39.8 Å². The number of hydrogen-bond donors (Lipinski definition) is 2. The van der Waals surface area contributed by atoms with Gasteiger partial charge in [-0.1, -0.05) is 23.2 Å². The molecule has 9 heteroatoms. The minimum Gasteiger partial charge on any atom is -0.493 e. The Bertz CT molecular complexity index is 1000. The maximum absolute atomic E-state index is 12.1. The van der Waals surface area contributed by atoms with E-state index in [0.717, 1.165) is 0 Å². The molecule has 0 amide bonds. The van der Waals surface area contributed by atoms with Gasteiger partial charge in [0.1, 0.15) is 0 Å².